The van der Waals surface area contributed by atoms with E-state index in [0.29, 0.717) is 43.6 Å². The predicted molar refractivity (Wildman–Crippen MR) is 124 cm³/mol. The van der Waals surface area contributed by atoms with Crippen molar-refractivity contribution in [3.63, 3.8) is 0 Å². The summed E-state index contributed by atoms with van der Waals surface area (Å²) < 4.78 is 4.68. The second kappa shape index (κ2) is 9.14. The fraction of sp³-hybridized carbons (Fsp3) is 0.333. The van der Waals surface area contributed by atoms with Gasteiger partial charge in [-0.05, 0) is 37.1 Å². The molecule has 2 amide bonds. The van der Waals surface area contributed by atoms with Crippen molar-refractivity contribution in [1.82, 2.24) is 25.5 Å². The van der Waals surface area contributed by atoms with Gasteiger partial charge in [-0.15, -0.1) is 0 Å². The van der Waals surface area contributed by atoms with Crippen LogP contribution in [0.15, 0.2) is 29.3 Å². The molecule has 2 aromatic rings. The van der Waals surface area contributed by atoms with Crippen LogP contribution in [0.4, 0.5) is 11.6 Å². The molecule has 2 aliphatic heterocycles. The Kier molecular flexibility index (Phi) is 6.24. The van der Waals surface area contributed by atoms with Crippen molar-refractivity contribution >= 4 is 47.0 Å². The van der Waals surface area contributed by atoms with Gasteiger partial charge in [0.1, 0.15) is 0 Å². The zero-order chi connectivity index (χ0) is 24.5. The summed E-state index contributed by atoms with van der Waals surface area (Å²) in [5.41, 5.74) is 11.6. The van der Waals surface area contributed by atoms with Crippen LogP contribution in [0, 0.1) is 0 Å². The Hall–Kier alpha value is -3.93. The normalized spacial score (nSPS) is 17.8. The van der Waals surface area contributed by atoms with Gasteiger partial charge in [-0.1, -0.05) is 11.6 Å². The third-order valence-electron chi connectivity index (χ3n) is 5.86. The molecule has 0 radical (unpaired) electrons. The average molecular weight is 487 g/mol. The van der Waals surface area contributed by atoms with E-state index in [9.17, 15) is 14.4 Å². The van der Waals surface area contributed by atoms with Gasteiger partial charge >= 0.3 is 11.9 Å². The van der Waals surface area contributed by atoms with Gasteiger partial charge in [0.25, 0.3) is 5.91 Å². The van der Waals surface area contributed by atoms with E-state index in [1.807, 2.05) is 0 Å². The maximum absolute atomic E-state index is 12.9. The average Bonchev–Trinajstić information content (AvgIpc) is 3.22. The number of rotatable bonds is 3. The Balaban J connectivity index is 1.37. The highest BCUT2D eigenvalue weighted by molar-refractivity contribution is 6.31. The van der Waals surface area contributed by atoms with Gasteiger partial charge < -0.3 is 31.7 Å². The number of anilines is 2. The molecule has 0 unspecified atom stereocenters. The topological polar surface area (TPSA) is 178 Å². The van der Waals surface area contributed by atoms with E-state index in [4.69, 9.17) is 23.1 Å². The summed E-state index contributed by atoms with van der Waals surface area (Å²) in [6.07, 6.45) is 1.30. The van der Waals surface area contributed by atoms with Crippen LogP contribution in [-0.4, -0.2) is 70.9 Å². The van der Waals surface area contributed by atoms with E-state index < -0.39 is 11.9 Å². The Morgan fingerprint density at radius 1 is 1.09 bits per heavy atom. The molecule has 34 heavy (non-hydrogen) atoms. The van der Waals surface area contributed by atoms with Crippen LogP contribution >= 0.6 is 11.6 Å². The number of hydrogen-bond acceptors (Lipinski definition) is 8. The monoisotopic (exact) mass is 486 g/mol. The number of benzene rings is 1. The molecule has 12 nitrogen and oxygen atoms in total. The molecule has 178 valence electrons. The molecule has 6 N–H and O–H groups in total. The summed E-state index contributed by atoms with van der Waals surface area (Å²) in [6, 6.07) is 6.36. The number of halogens is 1. The summed E-state index contributed by atoms with van der Waals surface area (Å²) in [7, 11) is 1.31. The lowest BCUT2D eigenvalue weighted by Gasteiger charge is -2.38. The summed E-state index contributed by atoms with van der Waals surface area (Å²) in [4.78, 5) is 50.4. The van der Waals surface area contributed by atoms with Gasteiger partial charge in [0.05, 0.1) is 18.2 Å². The van der Waals surface area contributed by atoms with Crippen LogP contribution in [0.25, 0.3) is 0 Å². The number of esters is 1. The maximum atomic E-state index is 12.9. The maximum Gasteiger partial charge on any atom is 0.337 e. The minimum Gasteiger partial charge on any atom is -0.465 e. The van der Waals surface area contributed by atoms with Gasteiger partial charge in [0.15, 0.2) is 28.4 Å². The Morgan fingerprint density at radius 3 is 2.38 bits per heavy atom. The number of nitrogens with one attached hydrogen (secondary N) is 2. The number of nitrogens with two attached hydrogens (primary N) is 2. The van der Waals surface area contributed by atoms with E-state index in [1.165, 1.54) is 7.11 Å². The van der Waals surface area contributed by atoms with E-state index in [-0.39, 0.29) is 39.9 Å². The third-order valence-corrected chi connectivity index (χ3v) is 6.14. The molecule has 13 heteroatoms. The smallest absolute Gasteiger partial charge is 0.337 e. The molecule has 1 aromatic carbocycles. The first-order valence-corrected chi connectivity index (χ1v) is 10.8. The van der Waals surface area contributed by atoms with Crippen molar-refractivity contribution < 1.29 is 19.1 Å². The second-order valence-electron chi connectivity index (χ2n) is 8.02. The number of methoxy groups -OCH3 is 1. The lowest BCUT2D eigenvalue weighted by Crippen LogP contribution is -2.53. The van der Waals surface area contributed by atoms with Crippen molar-refractivity contribution in [2.45, 2.75) is 18.4 Å². The standard InChI is InChI=1S/C21H23ClN8O4/c1-34-19(33)12-4-2-11(3-5-12)18(32)30-8-6-21(7-9-30)10-25-20(29-21)28-17(31)13-15(23)27-16(24)14(22)26-13/h2-5H,6-10H2,1H3,(H4,23,24,27)(H2,25,28,29,31). The largest absolute Gasteiger partial charge is 0.465 e. The number of guanidine groups is 1. The first kappa shape index (κ1) is 23.2. The number of aliphatic imine (C=N–C) groups is 1. The van der Waals surface area contributed by atoms with Gasteiger partial charge in [-0.25, -0.2) is 14.8 Å². The number of carbonyl (C=O) groups is 3. The number of amides is 2. The number of piperidine rings is 1. The van der Waals surface area contributed by atoms with Crippen LogP contribution < -0.4 is 22.1 Å². The molecule has 0 aliphatic carbocycles. The summed E-state index contributed by atoms with van der Waals surface area (Å²) in [6.45, 7) is 1.57. The zero-order valence-corrected chi connectivity index (χ0v) is 19.1. The van der Waals surface area contributed by atoms with Crippen LogP contribution in [-0.2, 0) is 4.74 Å². The summed E-state index contributed by atoms with van der Waals surface area (Å²) >= 11 is 5.84. The van der Waals surface area contributed by atoms with Crippen LogP contribution in [0.3, 0.4) is 0 Å². The van der Waals surface area contributed by atoms with Crippen molar-refractivity contribution in [3.05, 3.63) is 46.2 Å². The van der Waals surface area contributed by atoms with E-state index in [0.717, 1.165) is 0 Å². The fourth-order valence-electron chi connectivity index (χ4n) is 3.90. The highest BCUT2D eigenvalue weighted by Gasteiger charge is 2.41. The number of nitrogen functional groups attached to an aromatic ring is 2. The zero-order valence-electron chi connectivity index (χ0n) is 18.3. The molecule has 2 fully saturated rings. The van der Waals surface area contributed by atoms with Crippen molar-refractivity contribution in [3.8, 4) is 0 Å². The molecule has 4 rings (SSSR count). The van der Waals surface area contributed by atoms with Crippen LogP contribution in [0.1, 0.15) is 44.0 Å². The quantitative estimate of drug-likeness (QED) is 0.445. The molecule has 1 spiro atoms. The Morgan fingerprint density at radius 2 is 1.74 bits per heavy atom. The number of carbonyl (C=O) groups excluding carboxylic acids is 3. The summed E-state index contributed by atoms with van der Waals surface area (Å²) in [5.74, 6) is -1.21. The lowest BCUT2D eigenvalue weighted by molar-refractivity contribution is 0.0598. The lowest BCUT2D eigenvalue weighted by atomic mass is 9.88. The molecule has 2 saturated heterocycles. The first-order chi connectivity index (χ1) is 16.2. The van der Waals surface area contributed by atoms with Gasteiger partial charge in [-0.2, -0.15) is 4.99 Å². The molecule has 2 aliphatic rings. The van der Waals surface area contributed by atoms with Crippen LogP contribution in [0.2, 0.25) is 5.15 Å². The summed E-state index contributed by atoms with van der Waals surface area (Å²) in [5, 5.41) is 6.22. The Bertz CT molecular complexity index is 1180. The minimum atomic E-state index is -0.707. The third kappa shape index (κ3) is 4.57. The van der Waals surface area contributed by atoms with E-state index in [1.54, 1.807) is 29.2 Å². The number of aromatic nitrogens is 2. The molecule has 0 atom stereocenters. The highest BCUT2D eigenvalue weighted by atomic mass is 35.5. The van der Waals surface area contributed by atoms with E-state index >= 15 is 0 Å². The number of hydrogen-bond donors (Lipinski definition) is 4. The van der Waals surface area contributed by atoms with Crippen molar-refractivity contribution in [2.75, 3.05) is 38.2 Å². The molecule has 0 saturated carbocycles. The molecular formula is C21H23ClN8O4. The van der Waals surface area contributed by atoms with Crippen molar-refractivity contribution in [1.29, 1.82) is 0 Å². The molecule has 1 aromatic heterocycles. The minimum absolute atomic E-state index is 0.0693. The molecule has 0 bridgehead atoms. The SMILES string of the molecule is COC(=O)c1ccc(C(=O)N2CCC3(CC2)CN/C(=N\C(=O)c2nc(Cl)c(N)nc2N)N3)cc1. The number of ether oxygens (including phenoxy) is 1. The Labute approximate surface area is 199 Å². The predicted octanol–water partition coefficient (Wildman–Crippen LogP) is 0.445. The van der Waals surface area contributed by atoms with Gasteiger partial charge in [0.2, 0.25) is 0 Å². The van der Waals surface area contributed by atoms with Gasteiger partial charge in [0, 0.05) is 25.2 Å². The first-order valence-electron chi connectivity index (χ1n) is 10.4. The van der Waals surface area contributed by atoms with E-state index in [2.05, 4.69) is 30.3 Å². The van der Waals surface area contributed by atoms with Crippen molar-refractivity contribution in [2.24, 2.45) is 4.99 Å². The molecular weight excluding hydrogens is 464 g/mol. The highest BCUT2D eigenvalue weighted by Crippen LogP contribution is 2.26. The molecule has 3 heterocycles. The second-order valence-corrected chi connectivity index (χ2v) is 8.38. The number of likely N-dealkylation sites (tertiary alicyclic amines) is 1. The van der Waals surface area contributed by atoms with Crippen LogP contribution in [0.5, 0.6) is 0 Å². The fourth-order valence-corrected chi connectivity index (χ4v) is 4.03. The van der Waals surface area contributed by atoms with Gasteiger partial charge in [-0.3, -0.25) is 9.59 Å². The number of nitrogens with zero attached hydrogens (tertiary/aromatic N) is 4.